The van der Waals surface area contributed by atoms with E-state index in [1.807, 2.05) is 24.3 Å². The van der Waals surface area contributed by atoms with E-state index in [9.17, 15) is 18.0 Å². The highest BCUT2D eigenvalue weighted by Crippen LogP contribution is 2.25. The zero-order valence-corrected chi connectivity index (χ0v) is 15.4. The van der Waals surface area contributed by atoms with Crippen molar-refractivity contribution in [3.63, 3.8) is 0 Å². The van der Waals surface area contributed by atoms with E-state index in [1.165, 1.54) is 23.2 Å². The second-order valence-corrected chi connectivity index (χ2v) is 6.48. The third-order valence-electron chi connectivity index (χ3n) is 4.24. The summed E-state index contributed by atoms with van der Waals surface area (Å²) in [4.78, 5) is 16.3. The Morgan fingerprint density at radius 2 is 1.93 bits per heavy atom. The van der Waals surface area contributed by atoms with Crippen LogP contribution in [0.15, 0.2) is 48.2 Å². The molecule has 1 saturated heterocycles. The maximum Gasteiger partial charge on any atom is 0.422 e. The Kier molecular flexibility index (Phi) is 6.26. The first-order valence-electron chi connectivity index (χ1n) is 8.89. The van der Waals surface area contributed by atoms with Crippen LogP contribution in [0.1, 0.15) is 18.4 Å². The maximum atomic E-state index is 12.2. The molecule has 3 rings (SSSR count). The number of aromatic nitrogens is 1. The van der Waals surface area contributed by atoms with E-state index in [4.69, 9.17) is 9.84 Å². The Bertz CT molecular complexity index is 872. The average Bonchev–Trinajstić information content (AvgIpc) is 2.67. The van der Waals surface area contributed by atoms with Crippen LogP contribution in [-0.4, -0.2) is 47.0 Å². The van der Waals surface area contributed by atoms with Crippen LogP contribution in [0.2, 0.25) is 0 Å². The Morgan fingerprint density at radius 3 is 2.55 bits per heavy atom. The highest BCUT2D eigenvalue weighted by atomic mass is 19.4. The first-order valence-corrected chi connectivity index (χ1v) is 8.89. The minimum atomic E-state index is -4.41. The predicted molar refractivity (Wildman–Crippen MR) is 99.1 cm³/mol. The van der Waals surface area contributed by atoms with E-state index in [0.29, 0.717) is 31.7 Å². The molecule has 1 fully saturated rings. The fourth-order valence-electron chi connectivity index (χ4n) is 2.83. The van der Waals surface area contributed by atoms with E-state index in [1.54, 1.807) is 6.07 Å². The van der Waals surface area contributed by atoms with E-state index >= 15 is 0 Å². The average molecular weight is 408 g/mol. The fraction of sp³-hybridized carbons (Fsp3) is 0.300. The molecule has 29 heavy (non-hydrogen) atoms. The number of rotatable bonds is 5. The predicted octanol–water partition coefficient (Wildman–Crippen LogP) is 4.97. The molecular weight excluding hydrogens is 389 g/mol. The number of benzene rings is 1. The number of carboxylic acid groups (broad SMARTS) is 1. The first kappa shape index (κ1) is 20.5. The van der Waals surface area contributed by atoms with Crippen molar-refractivity contribution in [2.24, 2.45) is 0 Å². The Morgan fingerprint density at radius 1 is 1.17 bits per heavy atom. The Labute approximate surface area is 165 Å². The first-order chi connectivity index (χ1) is 13.8. The molecular formula is C20H19F3N2O4. The number of alkyl halides is 3. The lowest BCUT2D eigenvalue weighted by molar-refractivity contribution is -0.153. The van der Waals surface area contributed by atoms with Crippen LogP contribution in [-0.2, 0) is 0 Å². The lowest BCUT2D eigenvalue weighted by Gasteiger charge is -2.25. The molecule has 2 aromatic rings. The van der Waals surface area contributed by atoms with Crippen LogP contribution in [0.3, 0.4) is 0 Å². The number of pyridine rings is 1. The number of ether oxygens (including phenoxy) is 2. The molecule has 0 saturated carbocycles. The smallest absolute Gasteiger partial charge is 0.422 e. The minimum Gasteiger partial charge on any atom is -0.483 e. The molecule has 1 N–H and O–H groups in total. The molecule has 0 unspecified atom stereocenters. The molecule has 2 heterocycles. The summed E-state index contributed by atoms with van der Waals surface area (Å²) in [6, 6.07) is 10.1. The number of carbonyl (C=O) groups is 1. The number of hydrogen-bond acceptors (Lipinski definition) is 4. The van der Waals surface area contributed by atoms with Gasteiger partial charge in [0.1, 0.15) is 11.5 Å². The summed E-state index contributed by atoms with van der Waals surface area (Å²) < 4.78 is 46.8. The van der Waals surface area contributed by atoms with Crippen LogP contribution in [0, 0.1) is 0 Å². The van der Waals surface area contributed by atoms with Gasteiger partial charge in [-0.2, -0.15) is 13.2 Å². The minimum absolute atomic E-state index is 0.000798. The van der Waals surface area contributed by atoms with Crippen molar-refractivity contribution < 1.29 is 32.5 Å². The maximum absolute atomic E-state index is 12.2. The molecule has 154 valence electrons. The number of hydrogen-bond donors (Lipinski definition) is 1. The van der Waals surface area contributed by atoms with Gasteiger partial charge in [-0.05, 0) is 36.6 Å². The molecule has 6 nitrogen and oxygen atoms in total. The van der Waals surface area contributed by atoms with Crippen molar-refractivity contribution >= 4 is 12.2 Å². The lowest BCUT2D eigenvalue weighted by Crippen LogP contribution is -2.35. The quantitative estimate of drug-likeness (QED) is 0.756. The van der Waals surface area contributed by atoms with Crippen molar-refractivity contribution in [1.29, 1.82) is 0 Å². The van der Waals surface area contributed by atoms with Gasteiger partial charge < -0.3 is 19.5 Å². The topological polar surface area (TPSA) is 71.9 Å². The molecule has 0 radical (unpaired) electrons. The third kappa shape index (κ3) is 6.41. The van der Waals surface area contributed by atoms with Gasteiger partial charge >= 0.3 is 12.3 Å². The van der Waals surface area contributed by atoms with Crippen molar-refractivity contribution in [3.8, 4) is 17.4 Å². The summed E-state index contributed by atoms with van der Waals surface area (Å²) in [6.45, 7) is -0.427. The molecule has 1 amide bonds. The molecule has 0 spiro atoms. The molecule has 1 aromatic heterocycles. The summed E-state index contributed by atoms with van der Waals surface area (Å²) in [5, 5.41) is 9.00. The van der Waals surface area contributed by atoms with Crippen molar-refractivity contribution in [3.05, 3.63) is 53.7 Å². The van der Waals surface area contributed by atoms with Crippen LogP contribution in [0.4, 0.5) is 18.0 Å². The largest absolute Gasteiger partial charge is 0.483 e. The fourth-order valence-corrected chi connectivity index (χ4v) is 2.83. The van der Waals surface area contributed by atoms with Crippen molar-refractivity contribution in [2.45, 2.75) is 19.0 Å². The normalized spacial score (nSPS) is 14.4. The number of amides is 1. The van der Waals surface area contributed by atoms with Gasteiger partial charge in [-0.1, -0.05) is 23.8 Å². The zero-order chi connectivity index (χ0) is 20.9. The molecule has 0 bridgehead atoms. The second kappa shape index (κ2) is 8.85. The number of piperidine rings is 1. The van der Waals surface area contributed by atoms with E-state index < -0.39 is 18.9 Å². The summed E-state index contributed by atoms with van der Waals surface area (Å²) in [7, 11) is 0. The molecule has 9 heteroatoms. The molecule has 1 aliphatic rings. The monoisotopic (exact) mass is 408 g/mol. The van der Waals surface area contributed by atoms with E-state index in [0.717, 1.165) is 11.1 Å². The van der Waals surface area contributed by atoms with Gasteiger partial charge in [0.2, 0.25) is 5.88 Å². The SMILES string of the molecule is O=C(O)N1CCC(=Cc2cccc(Oc3ccc(OCC(F)(F)F)cn3)c2)CC1. The molecule has 0 aliphatic carbocycles. The molecule has 1 aromatic carbocycles. The van der Waals surface area contributed by atoms with E-state index in [2.05, 4.69) is 9.72 Å². The van der Waals surface area contributed by atoms with Gasteiger partial charge in [0.05, 0.1) is 6.20 Å². The number of nitrogens with zero attached hydrogens (tertiary/aromatic N) is 2. The molecule has 0 atom stereocenters. The second-order valence-electron chi connectivity index (χ2n) is 6.48. The summed E-state index contributed by atoms with van der Waals surface area (Å²) in [5.41, 5.74) is 2.07. The Hall–Kier alpha value is -3.23. The summed E-state index contributed by atoms with van der Waals surface area (Å²) >= 11 is 0. The van der Waals surface area contributed by atoms with Crippen molar-refractivity contribution in [1.82, 2.24) is 9.88 Å². The highest BCUT2D eigenvalue weighted by Gasteiger charge is 2.28. The van der Waals surface area contributed by atoms with Crippen molar-refractivity contribution in [2.75, 3.05) is 19.7 Å². The standard InChI is InChI=1S/C20H19F3N2O4/c21-20(22,23)13-28-17-4-5-18(24-12-17)29-16-3-1-2-15(11-16)10-14-6-8-25(9-7-14)19(26)27/h1-5,10-12H,6-9,13H2,(H,26,27). The van der Waals surface area contributed by atoms with Gasteiger partial charge in [-0.3, -0.25) is 0 Å². The van der Waals surface area contributed by atoms with Gasteiger partial charge in [-0.25, -0.2) is 9.78 Å². The van der Waals surface area contributed by atoms with Crippen LogP contribution in [0.25, 0.3) is 6.08 Å². The van der Waals surface area contributed by atoms with Gasteiger partial charge in [0.15, 0.2) is 6.61 Å². The van der Waals surface area contributed by atoms with E-state index in [-0.39, 0.29) is 11.6 Å². The lowest BCUT2D eigenvalue weighted by atomic mass is 10.0. The van der Waals surface area contributed by atoms with Gasteiger partial charge in [0.25, 0.3) is 0 Å². The highest BCUT2D eigenvalue weighted by molar-refractivity contribution is 5.65. The Balaban J connectivity index is 1.60. The third-order valence-corrected chi connectivity index (χ3v) is 4.24. The zero-order valence-electron chi connectivity index (χ0n) is 15.4. The van der Waals surface area contributed by atoms with Crippen LogP contribution >= 0.6 is 0 Å². The summed E-state index contributed by atoms with van der Waals surface area (Å²) in [5.74, 6) is 0.753. The van der Waals surface area contributed by atoms with Gasteiger partial charge in [-0.15, -0.1) is 0 Å². The van der Waals surface area contributed by atoms with Gasteiger partial charge in [0, 0.05) is 19.2 Å². The van der Waals surface area contributed by atoms with Crippen LogP contribution in [0.5, 0.6) is 17.4 Å². The number of halogens is 3. The number of likely N-dealkylation sites (tertiary alicyclic amines) is 1. The summed E-state index contributed by atoms with van der Waals surface area (Å²) in [6.07, 6.45) is -0.774. The molecule has 1 aliphatic heterocycles. The van der Waals surface area contributed by atoms with Crippen LogP contribution < -0.4 is 9.47 Å².